The number of hydrazone groups is 1. The van der Waals surface area contributed by atoms with Gasteiger partial charge in [0.15, 0.2) is 0 Å². The van der Waals surface area contributed by atoms with Gasteiger partial charge in [-0.05, 0) is 29.8 Å². The summed E-state index contributed by atoms with van der Waals surface area (Å²) in [5, 5.41) is 7.42. The van der Waals surface area contributed by atoms with E-state index in [1.807, 2.05) is 29.7 Å². The number of nitrogens with zero attached hydrogens (tertiary/aromatic N) is 2. The van der Waals surface area contributed by atoms with E-state index in [4.69, 9.17) is 11.6 Å². The van der Waals surface area contributed by atoms with Crippen molar-refractivity contribution in [1.29, 1.82) is 0 Å². The molecule has 0 bridgehead atoms. The zero-order valence-corrected chi connectivity index (χ0v) is 15.0. The Hall–Kier alpha value is -1.63. The summed E-state index contributed by atoms with van der Waals surface area (Å²) in [4.78, 5) is 4.26. The van der Waals surface area contributed by atoms with E-state index in [0.717, 1.165) is 16.8 Å². The number of benzene rings is 2. The van der Waals surface area contributed by atoms with E-state index in [2.05, 4.69) is 15.5 Å². The molecule has 0 saturated heterocycles. The number of thioether (sulfide) groups is 1. The first kappa shape index (κ1) is 17.7. The van der Waals surface area contributed by atoms with Gasteiger partial charge in [0.05, 0.1) is 5.70 Å². The molecule has 2 aromatic carbocycles. The molecule has 118 valence electrons. The zero-order valence-electron chi connectivity index (χ0n) is 11.7. The van der Waals surface area contributed by atoms with E-state index < -0.39 is 0 Å². The maximum atomic E-state index is 12.8. The van der Waals surface area contributed by atoms with Gasteiger partial charge in [-0.15, -0.1) is 22.1 Å². The Balaban J connectivity index is 0.00000192. The molecule has 0 aromatic heterocycles. The average Bonchev–Trinajstić information content (AvgIpc) is 2.56. The van der Waals surface area contributed by atoms with E-state index in [1.165, 1.54) is 23.9 Å². The summed E-state index contributed by atoms with van der Waals surface area (Å²) >= 11 is 7.28. The summed E-state index contributed by atoms with van der Waals surface area (Å²) in [7, 11) is 0. The highest BCUT2D eigenvalue weighted by Crippen LogP contribution is 2.23. The molecule has 0 radical (unpaired) electrons. The summed E-state index contributed by atoms with van der Waals surface area (Å²) in [6, 6.07) is 13.6. The normalized spacial score (nSPS) is 13.8. The molecule has 1 aliphatic heterocycles. The Kier molecular flexibility index (Phi) is 6.38. The minimum atomic E-state index is -0.265. The van der Waals surface area contributed by atoms with Crippen LogP contribution in [0.1, 0.15) is 11.1 Å². The third-order valence-electron chi connectivity index (χ3n) is 2.90. The van der Waals surface area contributed by atoms with Gasteiger partial charge in [-0.3, -0.25) is 5.43 Å². The molecular weight excluding hydrogens is 401 g/mol. The Bertz CT molecular complexity index is 758. The SMILES string of the molecule is Br.Fc1ccc(/C=N/C2=NNC(c3ccc(Cl)cc3)=CS2)cc1. The van der Waals surface area contributed by atoms with Crippen LogP contribution in [-0.2, 0) is 0 Å². The van der Waals surface area contributed by atoms with Crippen molar-refractivity contribution in [1.82, 2.24) is 5.43 Å². The van der Waals surface area contributed by atoms with Crippen molar-refractivity contribution in [3.63, 3.8) is 0 Å². The predicted molar refractivity (Wildman–Crippen MR) is 102 cm³/mol. The van der Waals surface area contributed by atoms with Crippen LogP contribution in [0.2, 0.25) is 5.02 Å². The van der Waals surface area contributed by atoms with E-state index in [1.54, 1.807) is 18.3 Å². The summed E-state index contributed by atoms with van der Waals surface area (Å²) in [6.07, 6.45) is 1.65. The maximum Gasteiger partial charge on any atom is 0.210 e. The van der Waals surface area contributed by atoms with Crippen LogP contribution >= 0.6 is 40.3 Å². The molecule has 2 aromatic rings. The van der Waals surface area contributed by atoms with Crippen LogP contribution in [0.5, 0.6) is 0 Å². The number of nitrogens with one attached hydrogen (secondary N) is 1. The van der Waals surface area contributed by atoms with Crippen LogP contribution in [-0.4, -0.2) is 11.4 Å². The van der Waals surface area contributed by atoms with Crippen LogP contribution in [0.4, 0.5) is 4.39 Å². The fourth-order valence-electron chi connectivity index (χ4n) is 1.77. The van der Waals surface area contributed by atoms with Gasteiger partial charge in [0, 0.05) is 22.2 Å². The molecule has 1 aliphatic rings. The van der Waals surface area contributed by atoms with Gasteiger partial charge in [0.2, 0.25) is 5.17 Å². The smallest absolute Gasteiger partial charge is 0.210 e. The number of aliphatic imine (C=N–C) groups is 1. The van der Waals surface area contributed by atoms with Crippen LogP contribution in [0.15, 0.2) is 64.0 Å². The minimum Gasteiger partial charge on any atom is -0.275 e. The first-order chi connectivity index (χ1) is 10.7. The van der Waals surface area contributed by atoms with Gasteiger partial charge >= 0.3 is 0 Å². The molecule has 7 heteroatoms. The number of rotatable bonds is 2. The van der Waals surface area contributed by atoms with Gasteiger partial charge in [0.1, 0.15) is 5.82 Å². The summed E-state index contributed by atoms with van der Waals surface area (Å²) in [5.74, 6) is -0.265. The Labute approximate surface area is 153 Å². The average molecular weight is 413 g/mol. The van der Waals surface area contributed by atoms with Crippen molar-refractivity contribution < 1.29 is 4.39 Å². The molecule has 23 heavy (non-hydrogen) atoms. The molecule has 0 aliphatic carbocycles. The molecule has 0 fully saturated rings. The number of hydrogen-bond donors (Lipinski definition) is 1. The second-order valence-electron chi connectivity index (χ2n) is 4.47. The van der Waals surface area contributed by atoms with E-state index in [-0.39, 0.29) is 22.8 Å². The fourth-order valence-corrected chi connectivity index (χ4v) is 2.52. The number of halogens is 3. The molecule has 0 amide bonds. The van der Waals surface area contributed by atoms with Gasteiger partial charge in [-0.1, -0.05) is 47.6 Å². The Morgan fingerprint density at radius 3 is 2.39 bits per heavy atom. The standard InChI is InChI=1S/C16H11ClFN3S.BrH/c17-13-5-3-12(4-6-13)15-10-22-16(21-20-15)19-9-11-1-7-14(18)8-2-11;/h1-10,20H;1H/b19-9+;. The molecule has 3 rings (SSSR count). The first-order valence-corrected chi connectivity index (χ1v) is 7.72. The van der Waals surface area contributed by atoms with Gasteiger partial charge in [-0.25, -0.2) is 9.38 Å². The highest BCUT2D eigenvalue weighted by Gasteiger charge is 2.08. The van der Waals surface area contributed by atoms with E-state index in [9.17, 15) is 4.39 Å². The quantitative estimate of drug-likeness (QED) is 0.698. The second-order valence-corrected chi connectivity index (χ2v) is 5.75. The zero-order chi connectivity index (χ0) is 15.4. The number of hydrogen-bond acceptors (Lipinski definition) is 4. The Morgan fingerprint density at radius 1 is 1.09 bits per heavy atom. The second kappa shape index (κ2) is 8.29. The Morgan fingerprint density at radius 2 is 1.78 bits per heavy atom. The van der Waals surface area contributed by atoms with Crippen LogP contribution < -0.4 is 5.43 Å². The van der Waals surface area contributed by atoms with Crippen LogP contribution in [0.25, 0.3) is 5.70 Å². The maximum absolute atomic E-state index is 12.8. The molecular formula is C16H12BrClFN3S. The third-order valence-corrected chi connectivity index (χ3v) is 3.92. The molecule has 0 unspecified atom stereocenters. The van der Waals surface area contributed by atoms with Crippen LogP contribution in [0, 0.1) is 5.82 Å². The summed E-state index contributed by atoms with van der Waals surface area (Å²) in [5.41, 5.74) is 5.67. The van der Waals surface area contributed by atoms with Crippen molar-refractivity contribution in [3.05, 3.63) is 75.9 Å². The van der Waals surface area contributed by atoms with E-state index in [0.29, 0.717) is 10.2 Å². The lowest BCUT2D eigenvalue weighted by molar-refractivity contribution is 0.628. The van der Waals surface area contributed by atoms with Gasteiger partial charge in [0.25, 0.3) is 0 Å². The lowest BCUT2D eigenvalue weighted by Crippen LogP contribution is -2.10. The monoisotopic (exact) mass is 411 g/mol. The van der Waals surface area contributed by atoms with Crippen molar-refractivity contribution >= 4 is 57.4 Å². The minimum absolute atomic E-state index is 0. The van der Waals surface area contributed by atoms with Crippen LogP contribution in [0.3, 0.4) is 0 Å². The highest BCUT2D eigenvalue weighted by atomic mass is 79.9. The fraction of sp³-hybridized carbons (Fsp3) is 0. The molecule has 0 atom stereocenters. The largest absolute Gasteiger partial charge is 0.275 e. The third kappa shape index (κ3) is 4.92. The topological polar surface area (TPSA) is 36.8 Å². The van der Waals surface area contributed by atoms with Crippen molar-refractivity contribution in [3.8, 4) is 0 Å². The molecule has 0 spiro atoms. The molecule has 0 saturated carbocycles. The van der Waals surface area contributed by atoms with Crippen molar-refractivity contribution in [2.45, 2.75) is 0 Å². The lowest BCUT2D eigenvalue weighted by Gasteiger charge is -2.12. The van der Waals surface area contributed by atoms with Gasteiger partial charge < -0.3 is 0 Å². The summed E-state index contributed by atoms with van der Waals surface area (Å²) in [6.45, 7) is 0. The number of amidine groups is 1. The molecule has 3 nitrogen and oxygen atoms in total. The highest BCUT2D eigenvalue weighted by molar-refractivity contribution is 8.93. The lowest BCUT2D eigenvalue weighted by atomic mass is 10.2. The van der Waals surface area contributed by atoms with E-state index >= 15 is 0 Å². The predicted octanol–water partition coefficient (Wildman–Crippen LogP) is 5.08. The van der Waals surface area contributed by atoms with Gasteiger partial charge in [-0.2, -0.15) is 0 Å². The first-order valence-electron chi connectivity index (χ1n) is 6.47. The molecule has 1 N–H and O–H groups in total. The van der Waals surface area contributed by atoms with Crippen molar-refractivity contribution in [2.24, 2.45) is 10.1 Å². The summed E-state index contributed by atoms with van der Waals surface area (Å²) < 4.78 is 12.8. The van der Waals surface area contributed by atoms with Crippen molar-refractivity contribution in [2.75, 3.05) is 0 Å². The molecule has 1 heterocycles.